The van der Waals surface area contributed by atoms with Gasteiger partial charge in [-0.1, -0.05) is 6.07 Å². The highest BCUT2D eigenvalue weighted by atomic mass is 79.9. The lowest BCUT2D eigenvalue weighted by atomic mass is 10.1. The van der Waals surface area contributed by atoms with E-state index in [1.165, 1.54) is 0 Å². The zero-order valence-corrected chi connectivity index (χ0v) is 15.8. The van der Waals surface area contributed by atoms with Gasteiger partial charge in [-0.2, -0.15) is 0 Å². The molecule has 0 amide bonds. The number of pyridine rings is 2. The first-order chi connectivity index (χ1) is 13.1. The van der Waals surface area contributed by atoms with E-state index in [0.29, 0.717) is 34.7 Å². The lowest BCUT2D eigenvalue weighted by Gasteiger charge is -2.11. The van der Waals surface area contributed by atoms with Crippen LogP contribution in [-0.4, -0.2) is 25.7 Å². The molecule has 1 unspecified atom stereocenters. The number of hydrogen-bond acceptors (Lipinski definition) is 4. The summed E-state index contributed by atoms with van der Waals surface area (Å²) in [5, 5.41) is 0. The number of nitrogen functional groups attached to an aromatic ring is 1. The number of hydrogen-bond donors (Lipinski definition) is 1. The van der Waals surface area contributed by atoms with Crippen LogP contribution < -0.4 is 5.73 Å². The number of anilines is 1. The molecule has 0 radical (unpaired) electrons. The van der Waals surface area contributed by atoms with Gasteiger partial charge in [0.05, 0.1) is 5.56 Å². The van der Waals surface area contributed by atoms with E-state index in [0.717, 1.165) is 27.9 Å². The minimum Gasteiger partial charge on any atom is -0.383 e. The fourth-order valence-electron chi connectivity index (χ4n) is 3.66. The van der Waals surface area contributed by atoms with Crippen LogP contribution in [0.25, 0.3) is 28.2 Å². The lowest BCUT2D eigenvalue weighted by molar-refractivity contribution is 0.349. The Morgan fingerprint density at radius 1 is 1.07 bits per heavy atom. The molecular formula is C20H15BrFN5. The van der Waals surface area contributed by atoms with Crippen molar-refractivity contribution in [1.29, 1.82) is 0 Å². The van der Waals surface area contributed by atoms with E-state index in [2.05, 4.69) is 25.9 Å². The van der Waals surface area contributed by atoms with E-state index in [1.807, 2.05) is 47.0 Å². The van der Waals surface area contributed by atoms with Crippen molar-refractivity contribution in [1.82, 2.24) is 19.5 Å². The van der Waals surface area contributed by atoms with E-state index >= 15 is 0 Å². The Labute approximate surface area is 163 Å². The molecule has 1 aliphatic carbocycles. The molecule has 1 aliphatic rings. The third-order valence-electron chi connectivity index (χ3n) is 4.88. The number of nitrogens with zero attached hydrogens (tertiary/aromatic N) is 4. The van der Waals surface area contributed by atoms with E-state index in [4.69, 9.17) is 10.7 Å². The predicted octanol–water partition coefficient (Wildman–Crippen LogP) is 4.26. The van der Waals surface area contributed by atoms with E-state index in [9.17, 15) is 4.39 Å². The van der Waals surface area contributed by atoms with Crippen LogP contribution in [0, 0.1) is 0 Å². The molecule has 1 atom stereocenters. The SMILES string of the molecule is Nc1ncccc1-c1nc2ccc(Br)nc2n1-c1ccc2c(c1)CC(F)C2. The number of halogens is 2. The summed E-state index contributed by atoms with van der Waals surface area (Å²) >= 11 is 3.44. The van der Waals surface area contributed by atoms with Crippen LogP contribution >= 0.6 is 15.9 Å². The molecule has 0 bridgehead atoms. The molecule has 4 aromatic rings. The summed E-state index contributed by atoms with van der Waals surface area (Å²) in [6, 6.07) is 13.5. The average molecular weight is 424 g/mol. The summed E-state index contributed by atoms with van der Waals surface area (Å²) in [6.45, 7) is 0. The van der Waals surface area contributed by atoms with Crippen LogP contribution in [0.4, 0.5) is 10.2 Å². The number of rotatable bonds is 2. The number of benzene rings is 1. The number of aromatic nitrogens is 4. The topological polar surface area (TPSA) is 69.6 Å². The molecule has 3 aromatic heterocycles. The third kappa shape index (κ3) is 2.70. The van der Waals surface area contributed by atoms with Gasteiger partial charge in [0.15, 0.2) is 11.5 Å². The fraction of sp³-hybridized carbons (Fsp3) is 0.150. The Hall–Kier alpha value is -2.80. The molecule has 0 saturated heterocycles. The van der Waals surface area contributed by atoms with Crippen LogP contribution in [0.2, 0.25) is 0 Å². The second-order valence-corrected chi connectivity index (χ2v) is 7.45. The monoisotopic (exact) mass is 423 g/mol. The Kier molecular flexibility index (Phi) is 3.72. The number of nitrogens with two attached hydrogens (primary N) is 1. The molecule has 3 heterocycles. The van der Waals surface area contributed by atoms with Crippen molar-refractivity contribution in [3.63, 3.8) is 0 Å². The van der Waals surface area contributed by atoms with Gasteiger partial charge in [0, 0.05) is 24.7 Å². The highest BCUT2D eigenvalue weighted by molar-refractivity contribution is 9.10. The van der Waals surface area contributed by atoms with Gasteiger partial charge in [0.2, 0.25) is 0 Å². The van der Waals surface area contributed by atoms with Crippen molar-refractivity contribution >= 4 is 32.9 Å². The van der Waals surface area contributed by atoms with Crippen molar-refractivity contribution in [3.8, 4) is 17.1 Å². The minimum atomic E-state index is -0.810. The first kappa shape index (κ1) is 16.4. The standard InChI is InChI=1S/C20H15BrFN5/c21-17-6-5-16-20(26-17)27(19(25-16)15-2-1-7-24-18(15)23)14-4-3-11-8-13(22)9-12(11)10-14/h1-7,10,13H,8-9H2,(H2,23,24). The summed E-state index contributed by atoms with van der Waals surface area (Å²) < 4.78 is 16.5. The Bertz CT molecular complexity index is 1190. The summed E-state index contributed by atoms with van der Waals surface area (Å²) in [4.78, 5) is 13.6. The van der Waals surface area contributed by atoms with Gasteiger partial charge >= 0.3 is 0 Å². The number of fused-ring (bicyclic) bond motifs is 2. The average Bonchev–Trinajstić information content (AvgIpc) is 3.20. The quantitative estimate of drug-likeness (QED) is 0.488. The smallest absolute Gasteiger partial charge is 0.166 e. The lowest BCUT2D eigenvalue weighted by Crippen LogP contribution is -2.02. The summed E-state index contributed by atoms with van der Waals surface area (Å²) in [5.74, 6) is 1.06. The van der Waals surface area contributed by atoms with Gasteiger partial charge in [-0.3, -0.25) is 4.57 Å². The highest BCUT2D eigenvalue weighted by Crippen LogP contribution is 2.33. The van der Waals surface area contributed by atoms with Crippen LogP contribution in [0.3, 0.4) is 0 Å². The molecule has 1 aromatic carbocycles. The van der Waals surface area contributed by atoms with Gasteiger partial charge in [-0.05, 0) is 63.5 Å². The maximum absolute atomic E-state index is 13.8. The van der Waals surface area contributed by atoms with Gasteiger partial charge in [-0.25, -0.2) is 19.3 Å². The second kappa shape index (κ2) is 6.13. The molecule has 7 heteroatoms. The van der Waals surface area contributed by atoms with Gasteiger partial charge in [0.25, 0.3) is 0 Å². The molecule has 5 nitrogen and oxygen atoms in total. The summed E-state index contributed by atoms with van der Waals surface area (Å²) in [5.41, 5.74) is 11.3. The molecule has 2 N–H and O–H groups in total. The Balaban J connectivity index is 1.80. The summed E-state index contributed by atoms with van der Waals surface area (Å²) in [6.07, 6.45) is 1.76. The Morgan fingerprint density at radius 2 is 1.93 bits per heavy atom. The van der Waals surface area contributed by atoms with Crippen LogP contribution in [0.15, 0.2) is 53.3 Å². The molecule has 0 aliphatic heterocycles. The number of imidazole rings is 1. The van der Waals surface area contributed by atoms with E-state index in [1.54, 1.807) is 6.20 Å². The van der Waals surface area contributed by atoms with Crippen LogP contribution in [-0.2, 0) is 12.8 Å². The molecule has 5 rings (SSSR count). The van der Waals surface area contributed by atoms with Crippen molar-refractivity contribution in [2.24, 2.45) is 0 Å². The zero-order chi connectivity index (χ0) is 18.5. The normalized spacial score (nSPS) is 16.0. The maximum atomic E-state index is 13.8. The van der Waals surface area contributed by atoms with Crippen molar-refractivity contribution in [3.05, 3.63) is 64.4 Å². The minimum absolute atomic E-state index is 0.401. The van der Waals surface area contributed by atoms with Crippen molar-refractivity contribution in [2.75, 3.05) is 5.73 Å². The molecular weight excluding hydrogens is 409 g/mol. The first-order valence-electron chi connectivity index (χ1n) is 8.62. The van der Waals surface area contributed by atoms with Gasteiger partial charge < -0.3 is 5.73 Å². The number of alkyl halides is 1. The molecule has 0 fully saturated rings. The van der Waals surface area contributed by atoms with Crippen molar-refractivity contribution < 1.29 is 4.39 Å². The zero-order valence-electron chi connectivity index (χ0n) is 14.2. The van der Waals surface area contributed by atoms with Crippen LogP contribution in [0.5, 0.6) is 0 Å². The third-order valence-corrected chi connectivity index (χ3v) is 5.32. The van der Waals surface area contributed by atoms with Gasteiger partial charge in [-0.15, -0.1) is 0 Å². The first-order valence-corrected chi connectivity index (χ1v) is 9.41. The summed E-state index contributed by atoms with van der Waals surface area (Å²) in [7, 11) is 0. The second-order valence-electron chi connectivity index (χ2n) is 6.64. The molecule has 0 saturated carbocycles. The largest absolute Gasteiger partial charge is 0.383 e. The van der Waals surface area contributed by atoms with Crippen LogP contribution in [0.1, 0.15) is 11.1 Å². The van der Waals surface area contributed by atoms with Crippen molar-refractivity contribution in [2.45, 2.75) is 19.0 Å². The molecule has 0 spiro atoms. The Morgan fingerprint density at radius 3 is 2.78 bits per heavy atom. The van der Waals surface area contributed by atoms with Gasteiger partial charge in [0.1, 0.15) is 22.1 Å². The predicted molar refractivity (Wildman–Crippen MR) is 107 cm³/mol. The molecule has 27 heavy (non-hydrogen) atoms. The van der Waals surface area contributed by atoms with E-state index in [-0.39, 0.29) is 0 Å². The fourth-order valence-corrected chi connectivity index (χ4v) is 3.96. The molecule has 134 valence electrons. The highest BCUT2D eigenvalue weighted by Gasteiger charge is 2.23. The van der Waals surface area contributed by atoms with E-state index < -0.39 is 6.17 Å². The maximum Gasteiger partial charge on any atom is 0.166 e.